The first-order valence-corrected chi connectivity index (χ1v) is 5.27. The SMILES string of the molecule is Clc1c[nH]c2nc(-c3ccccc3)ncc12. The fraction of sp³-hybridized carbons (Fsp3) is 0. The predicted octanol–water partition coefficient (Wildman–Crippen LogP) is 3.28. The van der Waals surface area contributed by atoms with E-state index < -0.39 is 0 Å². The van der Waals surface area contributed by atoms with Crippen molar-refractivity contribution < 1.29 is 0 Å². The molecule has 0 amide bonds. The molecule has 0 fully saturated rings. The molecule has 0 saturated heterocycles. The summed E-state index contributed by atoms with van der Waals surface area (Å²) >= 11 is 5.96. The van der Waals surface area contributed by atoms with Gasteiger partial charge in [-0.3, -0.25) is 0 Å². The summed E-state index contributed by atoms with van der Waals surface area (Å²) in [6.45, 7) is 0. The average Bonchev–Trinajstić information content (AvgIpc) is 2.72. The Morgan fingerprint density at radius 1 is 1.12 bits per heavy atom. The number of fused-ring (bicyclic) bond motifs is 1. The molecule has 78 valence electrons. The molecule has 3 rings (SSSR count). The first kappa shape index (κ1) is 9.36. The number of halogens is 1. The van der Waals surface area contributed by atoms with Gasteiger partial charge in [0.1, 0.15) is 5.65 Å². The van der Waals surface area contributed by atoms with Crippen molar-refractivity contribution in [2.24, 2.45) is 0 Å². The van der Waals surface area contributed by atoms with E-state index in [9.17, 15) is 0 Å². The first-order chi connectivity index (χ1) is 7.84. The molecule has 0 spiro atoms. The number of hydrogen-bond acceptors (Lipinski definition) is 2. The summed E-state index contributed by atoms with van der Waals surface area (Å²) in [6, 6.07) is 9.85. The topological polar surface area (TPSA) is 41.6 Å². The van der Waals surface area contributed by atoms with Crippen LogP contribution in [0, 0.1) is 0 Å². The Bertz CT molecular complexity index is 631. The maximum absolute atomic E-state index is 5.96. The van der Waals surface area contributed by atoms with Gasteiger partial charge in [-0.2, -0.15) is 0 Å². The van der Waals surface area contributed by atoms with E-state index >= 15 is 0 Å². The number of nitrogens with zero attached hydrogens (tertiary/aromatic N) is 2. The van der Waals surface area contributed by atoms with Crippen molar-refractivity contribution in [3.63, 3.8) is 0 Å². The van der Waals surface area contributed by atoms with Crippen LogP contribution < -0.4 is 0 Å². The van der Waals surface area contributed by atoms with Crippen molar-refractivity contribution in [1.29, 1.82) is 0 Å². The minimum atomic E-state index is 0.648. The molecule has 0 bridgehead atoms. The van der Waals surface area contributed by atoms with Crippen LogP contribution in [0.3, 0.4) is 0 Å². The van der Waals surface area contributed by atoms with Crippen LogP contribution in [-0.2, 0) is 0 Å². The minimum absolute atomic E-state index is 0.648. The lowest BCUT2D eigenvalue weighted by Crippen LogP contribution is -1.88. The van der Waals surface area contributed by atoms with Crippen molar-refractivity contribution in [1.82, 2.24) is 15.0 Å². The third-order valence-corrected chi connectivity index (χ3v) is 2.73. The van der Waals surface area contributed by atoms with Crippen LogP contribution in [0.15, 0.2) is 42.7 Å². The van der Waals surface area contributed by atoms with Crippen molar-refractivity contribution >= 4 is 22.6 Å². The molecule has 0 unspecified atom stereocenters. The number of hydrogen-bond donors (Lipinski definition) is 1. The lowest BCUT2D eigenvalue weighted by Gasteiger charge is -1.98. The average molecular weight is 230 g/mol. The van der Waals surface area contributed by atoms with Gasteiger partial charge in [0.05, 0.1) is 10.4 Å². The van der Waals surface area contributed by atoms with Crippen LogP contribution in [-0.4, -0.2) is 15.0 Å². The molecule has 3 nitrogen and oxygen atoms in total. The number of rotatable bonds is 1. The van der Waals surface area contributed by atoms with E-state index in [-0.39, 0.29) is 0 Å². The summed E-state index contributed by atoms with van der Waals surface area (Å²) in [5, 5.41) is 1.50. The van der Waals surface area contributed by atoms with Crippen LogP contribution in [0.5, 0.6) is 0 Å². The normalized spacial score (nSPS) is 10.8. The Morgan fingerprint density at radius 3 is 2.75 bits per heavy atom. The maximum atomic E-state index is 5.96. The third-order valence-electron chi connectivity index (χ3n) is 2.41. The van der Waals surface area contributed by atoms with Crippen LogP contribution in [0.4, 0.5) is 0 Å². The molecule has 0 radical (unpaired) electrons. The molecule has 1 N–H and O–H groups in total. The van der Waals surface area contributed by atoms with Crippen molar-refractivity contribution in [2.75, 3.05) is 0 Å². The highest BCUT2D eigenvalue weighted by atomic mass is 35.5. The summed E-state index contributed by atoms with van der Waals surface area (Å²) in [6.07, 6.45) is 3.46. The van der Waals surface area contributed by atoms with Crippen LogP contribution in [0.1, 0.15) is 0 Å². The number of nitrogens with one attached hydrogen (secondary N) is 1. The van der Waals surface area contributed by atoms with Gasteiger partial charge >= 0.3 is 0 Å². The molecule has 2 aromatic heterocycles. The van der Waals surface area contributed by atoms with Gasteiger partial charge in [0.25, 0.3) is 0 Å². The fourth-order valence-electron chi connectivity index (χ4n) is 1.60. The highest BCUT2D eigenvalue weighted by Crippen LogP contribution is 2.23. The van der Waals surface area contributed by atoms with E-state index in [1.807, 2.05) is 30.3 Å². The molecule has 1 aromatic carbocycles. The molecule has 2 heterocycles. The maximum Gasteiger partial charge on any atom is 0.161 e. The van der Waals surface area contributed by atoms with E-state index in [1.165, 1.54) is 0 Å². The molecule has 4 heteroatoms. The zero-order valence-corrected chi connectivity index (χ0v) is 9.07. The van der Waals surface area contributed by atoms with Crippen molar-refractivity contribution in [2.45, 2.75) is 0 Å². The Morgan fingerprint density at radius 2 is 1.94 bits per heavy atom. The van der Waals surface area contributed by atoms with Gasteiger partial charge in [0, 0.05) is 18.0 Å². The van der Waals surface area contributed by atoms with Crippen molar-refractivity contribution in [3.8, 4) is 11.4 Å². The monoisotopic (exact) mass is 229 g/mol. The molecule has 0 aliphatic rings. The third kappa shape index (κ3) is 1.46. The van der Waals surface area contributed by atoms with E-state index in [0.717, 1.165) is 16.6 Å². The summed E-state index contributed by atoms with van der Waals surface area (Å²) in [7, 11) is 0. The van der Waals surface area contributed by atoms with Crippen LogP contribution in [0.2, 0.25) is 5.02 Å². The lowest BCUT2D eigenvalue weighted by atomic mass is 10.2. The zero-order valence-electron chi connectivity index (χ0n) is 8.31. The summed E-state index contributed by atoms with van der Waals surface area (Å²) < 4.78 is 0. The molecular formula is C12H8ClN3. The highest BCUT2D eigenvalue weighted by molar-refractivity contribution is 6.35. The van der Waals surface area contributed by atoms with E-state index in [1.54, 1.807) is 12.4 Å². The van der Waals surface area contributed by atoms with Crippen LogP contribution >= 0.6 is 11.6 Å². The number of aromatic nitrogens is 3. The number of benzene rings is 1. The molecule has 16 heavy (non-hydrogen) atoms. The molecular weight excluding hydrogens is 222 g/mol. The second-order valence-corrected chi connectivity index (χ2v) is 3.87. The Kier molecular flexibility index (Phi) is 2.11. The second kappa shape index (κ2) is 3.61. The minimum Gasteiger partial charge on any atom is -0.344 e. The molecule has 3 aromatic rings. The smallest absolute Gasteiger partial charge is 0.161 e. The highest BCUT2D eigenvalue weighted by Gasteiger charge is 2.05. The molecule has 0 aliphatic carbocycles. The predicted molar refractivity (Wildman–Crippen MR) is 64.3 cm³/mol. The van der Waals surface area contributed by atoms with Gasteiger partial charge in [-0.05, 0) is 0 Å². The summed E-state index contributed by atoms with van der Waals surface area (Å²) in [4.78, 5) is 11.7. The Hall–Kier alpha value is -1.87. The standard InChI is InChI=1S/C12H8ClN3/c13-10-7-15-12-9(10)6-14-11(16-12)8-4-2-1-3-5-8/h1-7H,(H,14,15,16). The largest absolute Gasteiger partial charge is 0.344 e. The Balaban J connectivity index is 2.19. The van der Waals surface area contributed by atoms with Gasteiger partial charge in [-0.1, -0.05) is 41.9 Å². The van der Waals surface area contributed by atoms with Gasteiger partial charge < -0.3 is 4.98 Å². The zero-order chi connectivity index (χ0) is 11.0. The van der Waals surface area contributed by atoms with Gasteiger partial charge in [0.15, 0.2) is 5.82 Å². The van der Waals surface area contributed by atoms with E-state index in [4.69, 9.17) is 11.6 Å². The summed E-state index contributed by atoms with van der Waals surface area (Å²) in [5.41, 5.74) is 1.76. The lowest BCUT2D eigenvalue weighted by molar-refractivity contribution is 1.21. The van der Waals surface area contributed by atoms with Gasteiger partial charge in [-0.25, -0.2) is 9.97 Å². The van der Waals surface area contributed by atoms with E-state index in [0.29, 0.717) is 10.8 Å². The molecule has 0 atom stereocenters. The fourth-order valence-corrected chi connectivity index (χ4v) is 1.80. The van der Waals surface area contributed by atoms with E-state index in [2.05, 4.69) is 15.0 Å². The van der Waals surface area contributed by atoms with Gasteiger partial charge in [-0.15, -0.1) is 0 Å². The summed E-state index contributed by atoms with van der Waals surface area (Å²) in [5.74, 6) is 0.701. The molecule has 0 saturated carbocycles. The van der Waals surface area contributed by atoms with Crippen molar-refractivity contribution in [3.05, 3.63) is 47.7 Å². The quantitative estimate of drug-likeness (QED) is 0.696. The first-order valence-electron chi connectivity index (χ1n) is 4.89. The molecule has 0 aliphatic heterocycles. The number of H-pyrrole nitrogens is 1. The Labute approximate surface area is 97.1 Å². The number of aromatic amines is 1. The van der Waals surface area contributed by atoms with Gasteiger partial charge in [0.2, 0.25) is 0 Å². The van der Waals surface area contributed by atoms with Crippen LogP contribution in [0.25, 0.3) is 22.4 Å². The second-order valence-electron chi connectivity index (χ2n) is 3.46.